The molecule has 1 N–H and O–H groups in total. The van der Waals surface area contributed by atoms with Crippen LogP contribution in [0.25, 0.3) is 0 Å². The van der Waals surface area contributed by atoms with Gasteiger partial charge in [0.05, 0.1) is 9.92 Å². The van der Waals surface area contributed by atoms with E-state index in [-0.39, 0.29) is 28.5 Å². The van der Waals surface area contributed by atoms with Gasteiger partial charge < -0.3 is 10.1 Å². The summed E-state index contributed by atoms with van der Waals surface area (Å²) in [6, 6.07) is 4.64. The number of nitrogens with zero attached hydrogens (tertiary/aromatic N) is 1. The van der Waals surface area contributed by atoms with Crippen molar-refractivity contribution in [3.05, 3.63) is 23.2 Å². The zero-order chi connectivity index (χ0) is 19.3. The zero-order valence-corrected chi connectivity index (χ0v) is 17.0. The third kappa shape index (κ3) is 5.36. The van der Waals surface area contributed by atoms with E-state index in [2.05, 4.69) is 5.32 Å². The molecule has 1 aliphatic carbocycles. The monoisotopic (exact) mass is 414 g/mol. The molecule has 0 atom stereocenters. The van der Waals surface area contributed by atoms with Gasteiger partial charge in [-0.15, -0.1) is 0 Å². The highest BCUT2D eigenvalue weighted by atomic mass is 35.5. The van der Waals surface area contributed by atoms with Gasteiger partial charge in [-0.3, -0.25) is 4.79 Å². The quantitative estimate of drug-likeness (QED) is 0.774. The Morgan fingerprint density at radius 2 is 1.78 bits per heavy atom. The maximum atomic E-state index is 12.7. The lowest BCUT2D eigenvalue weighted by Gasteiger charge is -2.26. The Kier molecular flexibility index (Phi) is 7.00. The standard InChI is InChI=1S/C19H27ClN2O4S/c20-17-13-16(27(24,25)22-11-5-2-6-12-22)9-10-18(17)26-14-19(23)21-15-7-3-1-4-8-15/h9-10,13,15H,1-8,11-12,14H2,(H,21,23). The van der Waals surface area contributed by atoms with Gasteiger partial charge in [-0.25, -0.2) is 8.42 Å². The van der Waals surface area contributed by atoms with Crippen LogP contribution in [-0.2, 0) is 14.8 Å². The first kappa shape index (κ1) is 20.4. The zero-order valence-electron chi connectivity index (χ0n) is 15.5. The Morgan fingerprint density at radius 1 is 1.11 bits per heavy atom. The number of carbonyl (C=O) groups is 1. The highest BCUT2D eigenvalue weighted by Gasteiger charge is 2.26. The largest absolute Gasteiger partial charge is 0.482 e. The highest BCUT2D eigenvalue weighted by Crippen LogP contribution is 2.29. The van der Waals surface area contributed by atoms with Crippen LogP contribution in [0, 0.1) is 0 Å². The number of benzene rings is 1. The molecule has 3 rings (SSSR count). The summed E-state index contributed by atoms with van der Waals surface area (Å²) in [5.74, 6) is 0.135. The second-order valence-electron chi connectivity index (χ2n) is 7.25. The predicted molar refractivity (Wildman–Crippen MR) is 105 cm³/mol. The number of carbonyl (C=O) groups excluding carboxylic acids is 1. The summed E-state index contributed by atoms with van der Waals surface area (Å²) in [6.45, 7) is 0.952. The van der Waals surface area contributed by atoms with Crippen LogP contribution in [0.4, 0.5) is 0 Å². The first-order valence-corrected chi connectivity index (χ1v) is 11.5. The fourth-order valence-electron chi connectivity index (χ4n) is 3.67. The first-order chi connectivity index (χ1) is 13.0. The summed E-state index contributed by atoms with van der Waals surface area (Å²) in [6.07, 6.45) is 8.35. The topological polar surface area (TPSA) is 75.7 Å². The van der Waals surface area contributed by atoms with E-state index in [4.69, 9.17) is 16.3 Å². The minimum Gasteiger partial charge on any atom is -0.482 e. The number of halogens is 1. The van der Waals surface area contributed by atoms with Gasteiger partial charge in [-0.1, -0.05) is 37.3 Å². The summed E-state index contributed by atoms with van der Waals surface area (Å²) >= 11 is 6.21. The molecule has 1 amide bonds. The van der Waals surface area contributed by atoms with Crippen molar-refractivity contribution in [1.29, 1.82) is 0 Å². The van der Waals surface area contributed by atoms with Crippen molar-refractivity contribution in [3.63, 3.8) is 0 Å². The van der Waals surface area contributed by atoms with E-state index < -0.39 is 10.0 Å². The average Bonchev–Trinajstić information content (AvgIpc) is 2.68. The Balaban J connectivity index is 1.58. The Hall–Kier alpha value is -1.31. The minimum atomic E-state index is -3.54. The Labute approximate surface area is 166 Å². The maximum Gasteiger partial charge on any atom is 0.258 e. The number of piperidine rings is 1. The van der Waals surface area contributed by atoms with Crippen LogP contribution in [-0.4, -0.2) is 44.4 Å². The van der Waals surface area contributed by atoms with E-state index in [1.807, 2.05) is 0 Å². The van der Waals surface area contributed by atoms with Gasteiger partial charge in [-0.05, 0) is 43.9 Å². The Morgan fingerprint density at radius 3 is 2.44 bits per heavy atom. The summed E-state index contributed by atoms with van der Waals surface area (Å²) in [5, 5.41) is 3.17. The van der Waals surface area contributed by atoms with Gasteiger partial charge in [0.15, 0.2) is 6.61 Å². The normalized spacial score (nSPS) is 19.6. The van der Waals surface area contributed by atoms with Crippen LogP contribution in [0.2, 0.25) is 5.02 Å². The molecule has 1 heterocycles. The molecular formula is C19H27ClN2O4S. The van der Waals surface area contributed by atoms with Crippen molar-refractivity contribution in [2.24, 2.45) is 0 Å². The summed E-state index contributed by atoms with van der Waals surface area (Å²) in [7, 11) is -3.54. The molecule has 1 saturated carbocycles. The van der Waals surface area contributed by atoms with E-state index in [0.717, 1.165) is 44.9 Å². The van der Waals surface area contributed by atoms with E-state index in [0.29, 0.717) is 18.8 Å². The SMILES string of the molecule is O=C(COc1ccc(S(=O)(=O)N2CCCCC2)cc1Cl)NC1CCCCC1. The molecule has 1 aromatic carbocycles. The molecular weight excluding hydrogens is 388 g/mol. The van der Waals surface area contributed by atoms with Gasteiger partial charge in [0.2, 0.25) is 10.0 Å². The molecule has 8 heteroatoms. The molecule has 0 radical (unpaired) electrons. The van der Waals surface area contributed by atoms with Gasteiger partial charge in [0, 0.05) is 19.1 Å². The molecule has 150 valence electrons. The minimum absolute atomic E-state index is 0.131. The van der Waals surface area contributed by atoms with Crippen LogP contribution >= 0.6 is 11.6 Å². The lowest BCUT2D eigenvalue weighted by molar-refractivity contribution is -0.124. The van der Waals surface area contributed by atoms with Crippen molar-refractivity contribution < 1.29 is 17.9 Å². The van der Waals surface area contributed by atoms with Crippen molar-refractivity contribution >= 4 is 27.5 Å². The average molecular weight is 415 g/mol. The van der Waals surface area contributed by atoms with Gasteiger partial charge in [0.25, 0.3) is 5.91 Å². The smallest absolute Gasteiger partial charge is 0.258 e. The molecule has 6 nitrogen and oxygen atoms in total. The van der Waals surface area contributed by atoms with Crippen LogP contribution in [0.5, 0.6) is 5.75 Å². The summed E-state index contributed by atoms with van der Waals surface area (Å²) < 4.78 is 32.4. The molecule has 2 aliphatic rings. The van der Waals surface area contributed by atoms with Gasteiger partial charge >= 0.3 is 0 Å². The number of sulfonamides is 1. The predicted octanol–water partition coefficient (Wildman–Crippen LogP) is 3.34. The van der Waals surface area contributed by atoms with Gasteiger partial charge in [0.1, 0.15) is 5.75 Å². The van der Waals surface area contributed by atoms with E-state index in [9.17, 15) is 13.2 Å². The molecule has 1 aliphatic heterocycles. The lowest BCUT2D eigenvalue weighted by atomic mass is 9.95. The third-order valence-electron chi connectivity index (χ3n) is 5.19. The fourth-order valence-corrected chi connectivity index (χ4v) is 5.52. The molecule has 1 aromatic rings. The second-order valence-corrected chi connectivity index (χ2v) is 9.59. The van der Waals surface area contributed by atoms with Crippen LogP contribution in [0.3, 0.4) is 0 Å². The molecule has 1 saturated heterocycles. The molecule has 0 bridgehead atoms. The van der Waals surface area contributed by atoms with Crippen LogP contribution < -0.4 is 10.1 Å². The molecule has 0 unspecified atom stereocenters. The summed E-state index contributed by atoms with van der Waals surface area (Å²) in [5.41, 5.74) is 0. The van der Waals surface area contributed by atoms with Crippen molar-refractivity contribution in [3.8, 4) is 5.75 Å². The maximum absolute atomic E-state index is 12.7. The van der Waals surface area contributed by atoms with Crippen LogP contribution in [0.1, 0.15) is 51.4 Å². The van der Waals surface area contributed by atoms with Gasteiger partial charge in [-0.2, -0.15) is 4.31 Å². The summed E-state index contributed by atoms with van der Waals surface area (Å²) in [4.78, 5) is 12.2. The molecule has 0 aromatic heterocycles. The van der Waals surface area contributed by atoms with Crippen LogP contribution in [0.15, 0.2) is 23.1 Å². The molecule has 0 spiro atoms. The molecule has 2 fully saturated rings. The lowest BCUT2D eigenvalue weighted by Crippen LogP contribution is -2.39. The third-order valence-corrected chi connectivity index (χ3v) is 7.38. The Bertz CT molecular complexity index is 757. The first-order valence-electron chi connectivity index (χ1n) is 9.69. The highest BCUT2D eigenvalue weighted by molar-refractivity contribution is 7.89. The molecule has 27 heavy (non-hydrogen) atoms. The van der Waals surface area contributed by atoms with E-state index in [1.54, 1.807) is 0 Å². The van der Waals surface area contributed by atoms with Crippen molar-refractivity contribution in [1.82, 2.24) is 9.62 Å². The van der Waals surface area contributed by atoms with Crippen molar-refractivity contribution in [2.45, 2.75) is 62.3 Å². The number of amides is 1. The van der Waals surface area contributed by atoms with E-state index in [1.165, 1.54) is 28.9 Å². The number of ether oxygens (including phenoxy) is 1. The number of hydrogen-bond acceptors (Lipinski definition) is 4. The number of rotatable bonds is 6. The number of nitrogens with one attached hydrogen (secondary N) is 1. The van der Waals surface area contributed by atoms with Crippen molar-refractivity contribution in [2.75, 3.05) is 19.7 Å². The number of hydrogen-bond donors (Lipinski definition) is 1. The van der Waals surface area contributed by atoms with E-state index >= 15 is 0 Å². The second kappa shape index (κ2) is 9.26. The fraction of sp³-hybridized carbons (Fsp3) is 0.632.